The third kappa shape index (κ3) is 2.99. The van der Waals surface area contributed by atoms with Crippen molar-refractivity contribution in [1.29, 1.82) is 0 Å². The highest BCUT2D eigenvalue weighted by Crippen LogP contribution is 2.46. The second kappa shape index (κ2) is 6.78. The first kappa shape index (κ1) is 18.5. The van der Waals surface area contributed by atoms with Crippen molar-refractivity contribution in [3.63, 3.8) is 0 Å². The molecule has 2 atom stereocenters. The highest BCUT2D eigenvalue weighted by Gasteiger charge is 2.48. The minimum Gasteiger partial charge on any atom is -0.389 e. The summed E-state index contributed by atoms with van der Waals surface area (Å²) >= 11 is 0. The Morgan fingerprint density at radius 1 is 1.15 bits per heavy atom. The van der Waals surface area contributed by atoms with Crippen LogP contribution in [-0.4, -0.2) is 30.7 Å². The number of nitrogens with one attached hydrogen (secondary N) is 1. The fraction of sp³-hybridized carbons (Fsp3) is 0.350. The average molecular weight is 360 g/mol. The summed E-state index contributed by atoms with van der Waals surface area (Å²) in [6.45, 7) is 3.78. The Kier molecular flexibility index (Phi) is 4.82. The number of fused-ring (bicyclic) bond motifs is 1. The number of rotatable bonds is 5. The van der Waals surface area contributed by atoms with Gasteiger partial charge in [0.15, 0.2) is 0 Å². The third-order valence-electron chi connectivity index (χ3n) is 4.87. The number of aliphatic hydroxyl groups excluding tert-OH is 1. The van der Waals surface area contributed by atoms with Crippen molar-refractivity contribution in [1.82, 2.24) is 5.32 Å². The number of para-hydroxylation sites is 1. The second-order valence-electron chi connectivity index (χ2n) is 7.09. The lowest BCUT2D eigenvalue weighted by atomic mass is 9.86. The van der Waals surface area contributed by atoms with E-state index in [9.17, 15) is 18.7 Å². The Labute approximate surface area is 151 Å². The van der Waals surface area contributed by atoms with E-state index >= 15 is 0 Å². The lowest BCUT2D eigenvalue weighted by molar-refractivity contribution is -0.123. The summed E-state index contributed by atoms with van der Waals surface area (Å²) < 4.78 is 27.7. The monoisotopic (exact) mass is 360 g/mol. The van der Waals surface area contributed by atoms with Gasteiger partial charge < -0.3 is 15.3 Å². The first-order chi connectivity index (χ1) is 12.3. The maximum Gasteiger partial charge on any atom is 0.237 e. The van der Waals surface area contributed by atoms with Gasteiger partial charge in [0.1, 0.15) is 11.6 Å². The summed E-state index contributed by atoms with van der Waals surface area (Å²) in [5.74, 6) is -1.72. The van der Waals surface area contributed by atoms with Gasteiger partial charge in [0.25, 0.3) is 0 Å². The molecule has 3 rings (SSSR count). The first-order valence-corrected chi connectivity index (χ1v) is 8.49. The molecule has 2 N–H and O–H groups in total. The fourth-order valence-electron chi connectivity index (χ4n) is 3.62. The van der Waals surface area contributed by atoms with Crippen molar-refractivity contribution in [2.75, 3.05) is 18.5 Å². The molecule has 1 aliphatic heterocycles. The van der Waals surface area contributed by atoms with E-state index in [4.69, 9.17) is 0 Å². The van der Waals surface area contributed by atoms with Crippen LogP contribution in [0.5, 0.6) is 0 Å². The van der Waals surface area contributed by atoms with Crippen LogP contribution in [0.3, 0.4) is 0 Å². The number of likely N-dealkylation sites (N-methyl/N-ethyl adjacent to an activating group) is 1. The average Bonchev–Trinajstić information content (AvgIpc) is 2.76. The predicted octanol–water partition coefficient (Wildman–Crippen LogP) is 2.91. The van der Waals surface area contributed by atoms with E-state index in [1.807, 2.05) is 26.0 Å². The van der Waals surface area contributed by atoms with E-state index in [1.165, 1.54) is 4.90 Å². The summed E-state index contributed by atoms with van der Waals surface area (Å²) in [4.78, 5) is 14.6. The van der Waals surface area contributed by atoms with Crippen molar-refractivity contribution in [2.24, 2.45) is 0 Å². The number of nitrogens with zero attached hydrogens (tertiary/aromatic N) is 1. The Morgan fingerprint density at radius 3 is 2.38 bits per heavy atom. The highest BCUT2D eigenvalue weighted by molar-refractivity contribution is 6.08. The smallest absolute Gasteiger partial charge is 0.237 e. The lowest BCUT2D eigenvalue weighted by Gasteiger charge is -2.34. The molecule has 0 unspecified atom stereocenters. The van der Waals surface area contributed by atoms with Gasteiger partial charge in [-0.3, -0.25) is 4.79 Å². The van der Waals surface area contributed by atoms with Crippen LogP contribution in [0.4, 0.5) is 14.5 Å². The molecule has 0 bridgehead atoms. The Hall–Kier alpha value is -2.31. The SMILES string of the molecule is CNC[C@@H](O)[C@H](c1cc(F)cc(F)c1)N1C(=O)C(C)(C)c2ccccc21. The second-order valence-corrected chi connectivity index (χ2v) is 7.09. The first-order valence-electron chi connectivity index (χ1n) is 8.49. The molecule has 1 amide bonds. The summed E-state index contributed by atoms with van der Waals surface area (Å²) in [5.41, 5.74) is 0.891. The van der Waals surface area contributed by atoms with Crippen LogP contribution >= 0.6 is 0 Å². The molecule has 1 heterocycles. The van der Waals surface area contributed by atoms with Gasteiger partial charge in [-0.05, 0) is 50.2 Å². The number of hydrogen-bond acceptors (Lipinski definition) is 3. The molecule has 0 spiro atoms. The van der Waals surface area contributed by atoms with Crippen molar-refractivity contribution in [3.8, 4) is 0 Å². The van der Waals surface area contributed by atoms with Crippen molar-refractivity contribution < 1.29 is 18.7 Å². The molecule has 0 fully saturated rings. The predicted molar refractivity (Wildman–Crippen MR) is 96.0 cm³/mol. The zero-order valence-electron chi connectivity index (χ0n) is 15.0. The Morgan fingerprint density at radius 2 is 1.77 bits per heavy atom. The normalized spacial score (nSPS) is 17.9. The van der Waals surface area contributed by atoms with Crippen LogP contribution in [0, 0.1) is 11.6 Å². The number of carbonyl (C=O) groups excluding carboxylic acids is 1. The lowest BCUT2D eigenvalue weighted by Crippen LogP contribution is -2.45. The van der Waals surface area contributed by atoms with Crippen LogP contribution in [0.25, 0.3) is 0 Å². The van der Waals surface area contributed by atoms with Crippen LogP contribution in [0.1, 0.15) is 31.0 Å². The topological polar surface area (TPSA) is 52.6 Å². The third-order valence-corrected chi connectivity index (χ3v) is 4.87. The van der Waals surface area contributed by atoms with Gasteiger partial charge in [0.05, 0.1) is 17.6 Å². The van der Waals surface area contributed by atoms with Crippen molar-refractivity contribution >= 4 is 11.6 Å². The summed E-state index contributed by atoms with van der Waals surface area (Å²) in [6.07, 6.45) is -1.05. The molecule has 0 saturated heterocycles. The molecule has 0 saturated carbocycles. The van der Waals surface area contributed by atoms with E-state index < -0.39 is 29.2 Å². The van der Waals surface area contributed by atoms with Gasteiger partial charge in [-0.2, -0.15) is 0 Å². The molecule has 2 aromatic carbocycles. The molecule has 0 radical (unpaired) electrons. The molecule has 138 valence electrons. The molecule has 0 aliphatic carbocycles. The molecule has 6 heteroatoms. The molecule has 4 nitrogen and oxygen atoms in total. The number of carbonyl (C=O) groups is 1. The molecular formula is C20H22F2N2O2. The zero-order valence-corrected chi connectivity index (χ0v) is 15.0. The number of hydrogen-bond donors (Lipinski definition) is 2. The van der Waals surface area contributed by atoms with Crippen LogP contribution in [0.15, 0.2) is 42.5 Å². The molecule has 26 heavy (non-hydrogen) atoms. The number of amides is 1. The maximum absolute atomic E-state index is 13.8. The van der Waals surface area contributed by atoms with Crippen LogP contribution in [0.2, 0.25) is 0 Å². The number of benzene rings is 2. The fourth-order valence-corrected chi connectivity index (χ4v) is 3.62. The minimum absolute atomic E-state index is 0.162. The largest absolute Gasteiger partial charge is 0.389 e. The van der Waals surface area contributed by atoms with E-state index in [-0.39, 0.29) is 18.0 Å². The number of aliphatic hydroxyl groups is 1. The summed E-state index contributed by atoms with van der Waals surface area (Å²) in [6, 6.07) is 9.48. The molecular weight excluding hydrogens is 338 g/mol. The van der Waals surface area contributed by atoms with E-state index in [2.05, 4.69) is 5.32 Å². The maximum atomic E-state index is 13.8. The van der Waals surface area contributed by atoms with Gasteiger partial charge in [-0.25, -0.2) is 8.78 Å². The minimum atomic E-state index is -1.05. The van der Waals surface area contributed by atoms with Crippen LogP contribution < -0.4 is 10.2 Å². The standard InChI is InChI=1S/C20H22F2N2O2/c1-20(2)15-6-4-5-7-16(15)24(19(20)26)18(17(25)11-23-3)12-8-13(21)10-14(22)9-12/h4-10,17-18,23,25H,11H2,1-3H3/t17-,18+/m1/s1. The van der Waals surface area contributed by atoms with Crippen molar-refractivity contribution in [2.45, 2.75) is 31.4 Å². The van der Waals surface area contributed by atoms with E-state index in [1.54, 1.807) is 19.2 Å². The number of halogens is 2. The Balaban J connectivity index is 2.18. The van der Waals surface area contributed by atoms with Gasteiger partial charge in [-0.15, -0.1) is 0 Å². The number of anilines is 1. The molecule has 0 aromatic heterocycles. The van der Waals surface area contributed by atoms with Gasteiger partial charge in [0.2, 0.25) is 5.91 Å². The highest BCUT2D eigenvalue weighted by atomic mass is 19.1. The van der Waals surface area contributed by atoms with Gasteiger partial charge in [0, 0.05) is 18.3 Å². The molecule has 1 aliphatic rings. The van der Waals surface area contributed by atoms with Gasteiger partial charge >= 0.3 is 0 Å². The van der Waals surface area contributed by atoms with Crippen LogP contribution in [-0.2, 0) is 10.2 Å². The van der Waals surface area contributed by atoms with Gasteiger partial charge in [-0.1, -0.05) is 18.2 Å². The molecule has 2 aromatic rings. The van der Waals surface area contributed by atoms with Crippen molar-refractivity contribution in [3.05, 3.63) is 65.2 Å². The summed E-state index contributed by atoms with van der Waals surface area (Å²) in [7, 11) is 1.66. The zero-order chi connectivity index (χ0) is 19.1. The Bertz CT molecular complexity index is 818. The summed E-state index contributed by atoms with van der Waals surface area (Å²) in [5, 5.41) is 13.6. The van der Waals surface area contributed by atoms with E-state index in [0.717, 1.165) is 23.8 Å². The van der Waals surface area contributed by atoms with E-state index in [0.29, 0.717) is 5.69 Å². The quantitative estimate of drug-likeness (QED) is 0.862.